The monoisotopic (exact) mass is 516 g/mol. The average molecular weight is 517 g/mol. The number of aldehydes is 1. The number of halogens is 2. The molecule has 1 fully saturated rings. The number of anilines is 1. The van der Waals surface area contributed by atoms with Gasteiger partial charge in [-0.2, -0.15) is 0 Å². The van der Waals surface area contributed by atoms with Crippen LogP contribution in [0.3, 0.4) is 0 Å². The molecule has 3 aromatic rings. The molecule has 0 saturated carbocycles. The Morgan fingerprint density at radius 1 is 1.08 bits per heavy atom. The maximum absolute atomic E-state index is 15.1. The topological polar surface area (TPSA) is 73.8 Å². The highest BCUT2D eigenvalue weighted by Gasteiger charge is 2.48. The lowest BCUT2D eigenvalue weighted by Crippen LogP contribution is -2.67. The molecule has 1 atom stereocenters. The van der Waals surface area contributed by atoms with Crippen LogP contribution in [0, 0.1) is 23.5 Å². The van der Waals surface area contributed by atoms with Crippen molar-refractivity contribution in [1.29, 1.82) is 0 Å². The first-order valence-electron chi connectivity index (χ1n) is 12.0. The van der Waals surface area contributed by atoms with E-state index in [0.717, 1.165) is 22.6 Å². The lowest BCUT2D eigenvalue weighted by Gasteiger charge is -2.48. The maximum Gasteiger partial charge on any atom is 0.325 e. The van der Waals surface area contributed by atoms with Crippen molar-refractivity contribution in [3.05, 3.63) is 95.3 Å². The van der Waals surface area contributed by atoms with Gasteiger partial charge in [0.05, 0.1) is 0 Å². The van der Waals surface area contributed by atoms with E-state index in [9.17, 15) is 14.4 Å². The van der Waals surface area contributed by atoms with Crippen LogP contribution in [0.1, 0.15) is 30.0 Å². The molecule has 0 N–H and O–H groups in total. The van der Waals surface area contributed by atoms with Gasteiger partial charge in [-0.05, 0) is 42.8 Å². The molecule has 0 bridgehead atoms. The lowest BCUT2D eigenvalue weighted by atomic mass is 9.91. The summed E-state index contributed by atoms with van der Waals surface area (Å²) in [6, 6.07) is 13.9. The predicted octanol–water partition coefficient (Wildman–Crippen LogP) is 4.01. The number of benzene rings is 2. The van der Waals surface area contributed by atoms with Gasteiger partial charge >= 0.3 is 6.03 Å². The third-order valence-corrected chi connectivity index (χ3v) is 6.51. The molecule has 0 spiro atoms. The summed E-state index contributed by atoms with van der Waals surface area (Å²) in [6.07, 6.45) is 3.55. The van der Waals surface area contributed by atoms with E-state index in [1.165, 1.54) is 18.9 Å². The number of carbonyl (C=O) groups is 3. The molecule has 2 aromatic carbocycles. The first-order valence-corrected chi connectivity index (χ1v) is 12.0. The van der Waals surface area contributed by atoms with E-state index in [2.05, 4.69) is 16.8 Å². The van der Waals surface area contributed by atoms with Crippen molar-refractivity contribution in [3.63, 3.8) is 0 Å². The Morgan fingerprint density at radius 3 is 2.39 bits per heavy atom. The largest absolute Gasteiger partial charge is 0.334 e. The maximum atomic E-state index is 15.1. The highest BCUT2D eigenvalue weighted by molar-refractivity contribution is 5.99. The molecule has 1 aliphatic rings. The molecular weight excluding hydrogens is 490 g/mol. The summed E-state index contributed by atoms with van der Waals surface area (Å²) in [5.41, 5.74) is -0.503. The Balaban J connectivity index is 1.58. The van der Waals surface area contributed by atoms with Crippen molar-refractivity contribution in [3.8, 4) is 11.8 Å². The van der Waals surface area contributed by atoms with Crippen LogP contribution in [0.25, 0.3) is 0 Å². The number of hydrogen-bond acceptors (Lipinski definition) is 4. The summed E-state index contributed by atoms with van der Waals surface area (Å²) < 4.78 is 30.2. The summed E-state index contributed by atoms with van der Waals surface area (Å²) in [7, 11) is 1.23. The fourth-order valence-electron chi connectivity index (χ4n) is 4.46. The second-order valence-electron chi connectivity index (χ2n) is 9.13. The van der Waals surface area contributed by atoms with Gasteiger partial charge in [0.25, 0.3) is 0 Å². The van der Waals surface area contributed by atoms with Gasteiger partial charge in [-0.15, -0.1) is 0 Å². The van der Waals surface area contributed by atoms with Gasteiger partial charge in [0.1, 0.15) is 17.5 Å². The molecule has 9 heteroatoms. The number of amides is 3. The zero-order chi connectivity index (χ0) is 27.3. The predicted molar refractivity (Wildman–Crippen MR) is 138 cm³/mol. The Bertz CT molecular complexity index is 1380. The van der Waals surface area contributed by atoms with Crippen LogP contribution < -0.4 is 4.90 Å². The second-order valence-corrected chi connectivity index (χ2v) is 9.13. The van der Waals surface area contributed by atoms with Crippen LogP contribution in [0.15, 0.2) is 67.0 Å². The van der Waals surface area contributed by atoms with E-state index in [1.54, 1.807) is 47.6 Å². The standard InChI is InChI=1S/C29H26F2N4O3/c1-29(12-16-36)27(37)34(20-23-9-6-13-32-19-23)14-15-35(29)28(38)33(2)26-24(30)17-22(18-25(26)31)11-10-21-7-4-3-5-8-21/h3-9,13,16-19H,12,14-15,20H2,1-2H3. The summed E-state index contributed by atoms with van der Waals surface area (Å²) in [4.78, 5) is 46.1. The van der Waals surface area contributed by atoms with Crippen molar-refractivity contribution in [1.82, 2.24) is 14.8 Å². The van der Waals surface area contributed by atoms with E-state index in [4.69, 9.17) is 0 Å². The molecule has 4 rings (SSSR count). The summed E-state index contributed by atoms with van der Waals surface area (Å²) in [5.74, 6) is 3.18. The number of rotatable bonds is 5. The van der Waals surface area contributed by atoms with Crippen LogP contribution in [-0.4, -0.2) is 58.7 Å². The molecule has 1 aromatic heterocycles. The van der Waals surface area contributed by atoms with Crippen molar-refractivity contribution in [2.75, 3.05) is 25.0 Å². The van der Waals surface area contributed by atoms with Gasteiger partial charge < -0.3 is 14.6 Å². The highest BCUT2D eigenvalue weighted by atomic mass is 19.1. The quantitative estimate of drug-likeness (QED) is 0.380. The molecule has 0 aliphatic carbocycles. The first-order chi connectivity index (χ1) is 18.2. The minimum atomic E-state index is -1.53. The third kappa shape index (κ3) is 5.39. The van der Waals surface area contributed by atoms with Gasteiger partial charge in [-0.25, -0.2) is 13.6 Å². The van der Waals surface area contributed by atoms with Crippen molar-refractivity contribution in [2.45, 2.75) is 25.4 Å². The van der Waals surface area contributed by atoms with Crippen LogP contribution in [0.4, 0.5) is 19.3 Å². The van der Waals surface area contributed by atoms with E-state index in [0.29, 0.717) is 11.8 Å². The van der Waals surface area contributed by atoms with Gasteiger partial charge in [-0.3, -0.25) is 14.7 Å². The van der Waals surface area contributed by atoms with Crippen molar-refractivity contribution in [2.24, 2.45) is 0 Å². The number of carbonyl (C=O) groups excluding carboxylic acids is 3. The third-order valence-electron chi connectivity index (χ3n) is 6.51. The normalized spacial score (nSPS) is 17.0. The van der Waals surface area contributed by atoms with E-state index < -0.39 is 34.8 Å². The number of hydrogen-bond donors (Lipinski definition) is 0. The lowest BCUT2D eigenvalue weighted by molar-refractivity contribution is -0.149. The zero-order valence-electron chi connectivity index (χ0n) is 21.0. The van der Waals surface area contributed by atoms with E-state index in [1.807, 2.05) is 12.1 Å². The van der Waals surface area contributed by atoms with E-state index >= 15 is 8.78 Å². The molecule has 2 heterocycles. The summed E-state index contributed by atoms with van der Waals surface area (Å²) >= 11 is 0. The number of nitrogens with zero attached hydrogens (tertiary/aromatic N) is 4. The number of urea groups is 1. The fraction of sp³-hybridized carbons (Fsp3) is 0.241. The molecule has 38 heavy (non-hydrogen) atoms. The summed E-state index contributed by atoms with van der Waals surface area (Å²) in [6.45, 7) is 2.00. The van der Waals surface area contributed by atoms with Gasteiger partial charge in [0.2, 0.25) is 5.91 Å². The number of pyridine rings is 1. The first kappa shape index (κ1) is 26.5. The van der Waals surface area contributed by atoms with Gasteiger partial charge in [0, 0.05) is 56.6 Å². The minimum absolute atomic E-state index is 0.0728. The van der Waals surface area contributed by atoms with Crippen LogP contribution >= 0.6 is 0 Å². The molecule has 1 saturated heterocycles. The molecule has 0 radical (unpaired) electrons. The molecule has 3 amide bonds. The molecule has 1 aliphatic heterocycles. The van der Waals surface area contributed by atoms with E-state index in [-0.39, 0.29) is 31.6 Å². The second kappa shape index (κ2) is 11.2. The molecular formula is C29H26F2N4O3. The molecule has 194 valence electrons. The Hall–Kier alpha value is -4.58. The smallest absolute Gasteiger partial charge is 0.325 e. The highest BCUT2D eigenvalue weighted by Crippen LogP contribution is 2.31. The fourth-order valence-corrected chi connectivity index (χ4v) is 4.46. The Labute approximate surface area is 219 Å². The van der Waals surface area contributed by atoms with Crippen LogP contribution in [0.5, 0.6) is 0 Å². The van der Waals surface area contributed by atoms with Crippen molar-refractivity contribution >= 4 is 23.9 Å². The van der Waals surface area contributed by atoms with Crippen LogP contribution in [-0.2, 0) is 16.1 Å². The molecule has 1 unspecified atom stereocenters. The minimum Gasteiger partial charge on any atom is -0.334 e. The Morgan fingerprint density at radius 2 is 1.76 bits per heavy atom. The zero-order valence-corrected chi connectivity index (χ0v) is 21.0. The summed E-state index contributed by atoms with van der Waals surface area (Å²) in [5, 5.41) is 0. The van der Waals surface area contributed by atoms with Gasteiger partial charge in [-0.1, -0.05) is 36.1 Å². The van der Waals surface area contributed by atoms with Crippen molar-refractivity contribution < 1.29 is 23.2 Å². The number of aromatic nitrogens is 1. The SMILES string of the molecule is CN(C(=O)N1CCN(Cc2cccnc2)C(=O)C1(C)CC=O)c1c(F)cc(C#Cc2ccccc2)cc1F. The molecule has 7 nitrogen and oxygen atoms in total. The van der Waals surface area contributed by atoms with Gasteiger partial charge in [0.15, 0.2) is 11.6 Å². The Kier molecular flexibility index (Phi) is 7.82. The number of piperazine rings is 1. The average Bonchev–Trinajstić information content (AvgIpc) is 2.91. The van der Waals surface area contributed by atoms with Crippen LogP contribution in [0.2, 0.25) is 0 Å².